The highest BCUT2D eigenvalue weighted by Gasteiger charge is 2.30. The first kappa shape index (κ1) is 24.0. The van der Waals surface area contributed by atoms with Crippen molar-refractivity contribution in [3.8, 4) is 0 Å². The number of nitrogens with one attached hydrogen (secondary N) is 1. The number of guanidine groups is 1. The van der Waals surface area contributed by atoms with Crippen LogP contribution in [0, 0.1) is 0 Å². The van der Waals surface area contributed by atoms with E-state index in [1.807, 2.05) is 47.9 Å². The zero-order valence-electron chi connectivity index (χ0n) is 19.7. The van der Waals surface area contributed by atoms with Gasteiger partial charge in [-0.1, -0.05) is 12.1 Å². The number of ether oxygens (including phenoxy) is 1. The molecule has 0 aromatic heterocycles. The summed E-state index contributed by atoms with van der Waals surface area (Å²) in [4.78, 5) is 35.8. The average molecular weight is 444 g/mol. The summed E-state index contributed by atoms with van der Waals surface area (Å²) >= 11 is 0. The standard InChI is InChI=1S/C24H37N5O3/c1-4-25-24(29-15-13-28(14-16-29)23(31)21-8-7-17-32-21)26-18-19-9-11-20(12-10-19)22(30)27(5-2)6-3/h9-12,21H,4-8,13-18H2,1-3H3,(H,25,26). The Labute approximate surface area is 191 Å². The molecule has 2 aliphatic rings. The second kappa shape index (κ2) is 11.9. The summed E-state index contributed by atoms with van der Waals surface area (Å²) in [5, 5.41) is 3.37. The predicted octanol–water partition coefficient (Wildman–Crippen LogP) is 1.96. The molecule has 1 unspecified atom stereocenters. The van der Waals surface area contributed by atoms with Crippen LogP contribution in [0.2, 0.25) is 0 Å². The quantitative estimate of drug-likeness (QED) is 0.515. The van der Waals surface area contributed by atoms with Crippen molar-refractivity contribution < 1.29 is 14.3 Å². The summed E-state index contributed by atoms with van der Waals surface area (Å²) in [6.07, 6.45) is 1.56. The summed E-state index contributed by atoms with van der Waals surface area (Å²) in [6, 6.07) is 7.71. The number of carbonyl (C=O) groups is 2. The highest BCUT2D eigenvalue weighted by Crippen LogP contribution is 2.16. The maximum absolute atomic E-state index is 12.6. The van der Waals surface area contributed by atoms with E-state index >= 15 is 0 Å². The minimum atomic E-state index is -0.250. The van der Waals surface area contributed by atoms with E-state index in [1.165, 1.54) is 0 Å². The van der Waals surface area contributed by atoms with Gasteiger partial charge in [-0.05, 0) is 51.3 Å². The van der Waals surface area contributed by atoms with Gasteiger partial charge in [0, 0.05) is 58.0 Å². The molecule has 2 amide bonds. The maximum Gasteiger partial charge on any atom is 0.253 e. The Kier molecular flexibility index (Phi) is 8.90. The van der Waals surface area contributed by atoms with Crippen molar-refractivity contribution in [3.05, 3.63) is 35.4 Å². The lowest BCUT2D eigenvalue weighted by Crippen LogP contribution is -2.55. The highest BCUT2D eigenvalue weighted by molar-refractivity contribution is 5.94. The fourth-order valence-electron chi connectivity index (χ4n) is 4.15. The van der Waals surface area contributed by atoms with E-state index in [2.05, 4.69) is 17.1 Å². The molecule has 176 valence electrons. The molecule has 2 fully saturated rings. The molecule has 1 aromatic rings. The molecule has 0 aliphatic carbocycles. The van der Waals surface area contributed by atoms with Gasteiger partial charge in [0.25, 0.3) is 11.8 Å². The number of benzene rings is 1. The molecule has 8 nitrogen and oxygen atoms in total. The zero-order valence-corrected chi connectivity index (χ0v) is 19.7. The van der Waals surface area contributed by atoms with Crippen LogP contribution < -0.4 is 5.32 Å². The van der Waals surface area contributed by atoms with Crippen LogP contribution in [0.15, 0.2) is 29.3 Å². The zero-order chi connectivity index (χ0) is 22.9. The molecule has 1 aromatic carbocycles. The molecule has 2 heterocycles. The number of amides is 2. The largest absolute Gasteiger partial charge is 0.368 e. The van der Waals surface area contributed by atoms with Crippen LogP contribution in [0.5, 0.6) is 0 Å². The fraction of sp³-hybridized carbons (Fsp3) is 0.625. The van der Waals surface area contributed by atoms with E-state index in [-0.39, 0.29) is 17.9 Å². The number of hydrogen-bond acceptors (Lipinski definition) is 4. The number of piperazine rings is 1. The van der Waals surface area contributed by atoms with Gasteiger partial charge < -0.3 is 24.8 Å². The molecule has 1 atom stereocenters. The Hall–Kier alpha value is -2.61. The van der Waals surface area contributed by atoms with Crippen LogP contribution in [0.1, 0.15) is 49.5 Å². The summed E-state index contributed by atoms with van der Waals surface area (Å²) in [7, 11) is 0. The van der Waals surface area contributed by atoms with Gasteiger partial charge in [0.2, 0.25) is 0 Å². The third-order valence-corrected chi connectivity index (χ3v) is 6.09. The first-order valence-corrected chi connectivity index (χ1v) is 11.9. The molecule has 2 saturated heterocycles. The molecule has 1 N–H and O–H groups in total. The summed E-state index contributed by atoms with van der Waals surface area (Å²) in [5.41, 5.74) is 1.77. The summed E-state index contributed by atoms with van der Waals surface area (Å²) in [5.74, 6) is 1.05. The van der Waals surface area contributed by atoms with E-state index < -0.39 is 0 Å². The van der Waals surface area contributed by atoms with Crippen molar-refractivity contribution in [3.63, 3.8) is 0 Å². The van der Waals surface area contributed by atoms with Gasteiger partial charge in [0.15, 0.2) is 5.96 Å². The molecule has 2 aliphatic heterocycles. The minimum Gasteiger partial charge on any atom is -0.368 e. The minimum absolute atomic E-state index is 0.0637. The number of hydrogen-bond donors (Lipinski definition) is 1. The lowest BCUT2D eigenvalue weighted by molar-refractivity contribution is -0.142. The second-order valence-corrected chi connectivity index (χ2v) is 8.16. The number of aliphatic imine (C=N–C) groups is 1. The van der Waals surface area contributed by atoms with Crippen LogP contribution >= 0.6 is 0 Å². The van der Waals surface area contributed by atoms with Crippen LogP contribution in [0.25, 0.3) is 0 Å². The van der Waals surface area contributed by atoms with Gasteiger partial charge in [-0.25, -0.2) is 4.99 Å². The van der Waals surface area contributed by atoms with Crippen LogP contribution in [-0.2, 0) is 16.1 Å². The van der Waals surface area contributed by atoms with E-state index in [1.54, 1.807) is 0 Å². The van der Waals surface area contributed by atoms with E-state index in [0.29, 0.717) is 44.9 Å². The molecule has 0 spiro atoms. The predicted molar refractivity (Wildman–Crippen MR) is 126 cm³/mol. The molecule has 0 radical (unpaired) electrons. The van der Waals surface area contributed by atoms with Crippen molar-refractivity contribution in [1.29, 1.82) is 0 Å². The van der Waals surface area contributed by atoms with Crippen LogP contribution in [-0.4, -0.2) is 91.0 Å². The van der Waals surface area contributed by atoms with Gasteiger partial charge in [-0.3, -0.25) is 9.59 Å². The van der Waals surface area contributed by atoms with E-state index in [0.717, 1.165) is 44.0 Å². The molecule has 8 heteroatoms. The normalized spacial score (nSPS) is 19.2. The van der Waals surface area contributed by atoms with Crippen LogP contribution in [0.4, 0.5) is 0 Å². The SMILES string of the molecule is CCNC(=NCc1ccc(C(=O)N(CC)CC)cc1)N1CCN(C(=O)C2CCCO2)CC1. The third kappa shape index (κ3) is 6.00. The fourth-order valence-corrected chi connectivity index (χ4v) is 4.15. The maximum atomic E-state index is 12.6. The van der Waals surface area contributed by atoms with E-state index in [9.17, 15) is 9.59 Å². The van der Waals surface area contributed by atoms with Crippen molar-refractivity contribution in [2.75, 3.05) is 52.4 Å². The second-order valence-electron chi connectivity index (χ2n) is 8.16. The molecule has 32 heavy (non-hydrogen) atoms. The molecule has 0 bridgehead atoms. The van der Waals surface area contributed by atoms with Gasteiger partial charge >= 0.3 is 0 Å². The smallest absolute Gasteiger partial charge is 0.253 e. The van der Waals surface area contributed by atoms with E-state index in [4.69, 9.17) is 9.73 Å². The lowest BCUT2D eigenvalue weighted by Gasteiger charge is -2.37. The Bertz CT molecular complexity index is 777. The molecular weight excluding hydrogens is 406 g/mol. The van der Waals surface area contributed by atoms with Gasteiger partial charge in [0.1, 0.15) is 6.10 Å². The highest BCUT2D eigenvalue weighted by atomic mass is 16.5. The van der Waals surface area contributed by atoms with Crippen molar-refractivity contribution in [2.24, 2.45) is 4.99 Å². The Balaban J connectivity index is 1.57. The monoisotopic (exact) mass is 443 g/mol. The Morgan fingerprint density at radius 3 is 2.28 bits per heavy atom. The van der Waals surface area contributed by atoms with Crippen LogP contribution in [0.3, 0.4) is 0 Å². The molecule has 3 rings (SSSR count). The van der Waals surface area contributed by atoms with Crippen molar-refractivity contribution >= 4 is 17.8 Å². The third-order valence-electron chi connectivity index (χ3n) is 6.09. The van der Waals surface area contributed by atoms with Gasteiger partial charge in [-0.15, -0.1) is 0 Å². The average Bonchev–Trinajstić information content (AvgIpc) is 3.37. The Morgan fingerprint density at radius 2 is 1.72 bits per heavy atom. The Morgan fingerprint density at radius 1 is 1.06 bits per heavy atom. The summed E-state index contributed by atoms with van der Waals surface area (Å²) in [6.45, 7) is 12.3. The number of rotatable bonds is 7. The number of nitrogens with zero attached hydrogens (tertiary/aromatic N) is 4. The number of carbonyl (C=O) groups excluding carboxylic acids is 2. The first-order chi connectivity index (χ1) is 15.6. The van der Waals surface area contributed by atoms with Gasteiger partial charge in [0.05, 0.1) is 6.54 Å². The summed E-state index contributed by atoms with van der Waals surface area (Å²) < 4.78 is 5.55. The first-order valence-electron chi connectivity index (χ1n) is 11.9. The topological polar surface area (TPSA) is 77.5 Å². The molecule has 0 saturated carbocycles. The van der Waals surface area contributed by atoms with Crippen molar-refractivity contribution in [1.82, 2.24) is 20.0 Å². The van der Waals surface area contributed by atoms with Crippen molar-refractivity contribution in [2.45, 2.75) is 46.3 Å². The lowest BCUT2D eigenvalue weighted by atomic mass is 10.1. The van der Waals surface area contributed by atoms with Gasteiger partial charge in [-0.2, -0.15) is 0 Å². The molecular formula is C24H37N5O3.